The average Bonchev–Trinajstić information content (AvgIpc) is 1.67. The molecule has 0 N–H and O–H groups in total. The van der Waals surface area contributed by atoms with E-state index in [2.05, 4.69) is 16.1 Å². The van der Waals surface area contributed by atoms with Gasteiger partial charge in [0.25, 0.3) is 0 Å². The van der Waals surface area contributed by atoms with Crippen LogP contribution in [0.3, 0.4) is 0 Å². The van der Waals surface area contributed by atoms with E-state index < -0.39 is 10.0 Å². The van der Waals surface area contributed by atoms with Crippen LogP contribution < -0.4 is 0 Å². The van der Waals surface area contributed by atoms with E-state index in [0.717, 1.165) is 5.40 Å². The van der Waals surface area contributed by atoms with Gasteiger partial charge in [0.2, 0.25) is 5.40 Å². The molecule has 46 valence electrons. The third kappa shape index (κ3) is 2.25. The van der Waals surface area contributed by atoms with Crippen LogP contribution in [0.1, 0.15) is 0 Å². The molecule has 0 unspecified atom stereocenters. The van der Waals surface area contributed by atoms with E-state index in [1.165, 1.54) is 22.9 Å². The van der Waals surface area contributed by atoms with Gasteiger partial charge in [-0.15, -0.1) is 0 Å². The van der Waals surface area contributed by atoms with Crippen LogP contribution in [0.15, 0.2) is 0 Å². The molecule has 0 rings (SSSR count). The Morgan fingerprint density at radius 2 is 2.12 bits per heavy atom. The van der Waals surface area contributed by atoms with Gasteiger partial charge in [-0.3, -0.25) is 0 Å². The minimum absolute atomic E-state index is 0.637. The van der Waals surface area contributed by atoms with Gasteiger partial charge in [-0.1, -0.05) is 1.54 Å². The minimum Gasteiger partial charge on any atom is -0.195 e. The first-order valence-electron chi connectivity index (χ1n) is 1.28. The van der Waals surface area contributed by atoms with Crippen molar-refractivity contribution in [1.29, 1.82) is 5.26 Å². The number of hydrogen-bond donors (Lipinski definition) is 0. The maximum Gasteiger partial charge on any atom is 0.326 e. The van der Waals surface area contributed by atoms with E-state index in [4.69, 9.17) is 5.26 Å². The second-order valence-corrected chi connectivity index (χ2v) is 6.39. The molecule has 0 saturated carbocycles. The molecule has 0 aromatic rings. The number of nitrogens with zero attached hydrogens (tertiary/aromatic N) is 2. The summed E-state index contributed by atoms with van der Waals surface area (Å²) >= 11 is 3.99. The molecule has 4 nitrogen and oxygen atoms in total. The van der Waals surface area contributed by atoms with E-state index >= 15 is 0 Å². The molecule has 0 aromatic heterocycles. The van der Waals surface area contributed by atoms with Crippen molar-refractivity contribution in [1.82, 2.24) is 1.54 Å². The van der Waals surface area contributed by atoms with Crippen molar-refractivity contribution >= 4 is 49.0 Å². The molecule has 0 saturated heterocycles. The Hall–Kier alpha value is 0.610. The summed E-state index contributed by atoms with van der Waals surface area (Å²) in [7, 11) is -3.69. The fourth-order valence-corrected chi connectivity index (χ4v) is 0.551. The summed E-state index contributed by atoms with van der Waals surface area (Å²) in [5.41, 5.74) is 0. The number of hydrogen-bond acceptors (Lipinski definition) is 3. The molecule has 0 radical (unpaired) electrons. The van der Waals surface area contributed by atoms with Gasteiger partial charge in [-0.05, 0) is 0 Å². The highest BCUT2D eigenvalue weighted by Gasteiger charge is 2.13. The Morgan fingerprint density at radius 1 is 1.75 bits per heavy atom. The molecule has 0 aliphatic rings. The lowest BCUT2D eigenvalue weighted by atomic mass is 11.8. The summed E-state index contributed by atoms with van der Waals surface area (Å²) in [6.45, 7) is 0. The topological polar surface area (TPSA) is 61.2 Å². The lowest BCUT2D eigenvalue weighted by Crippen LogP contribution is -2.06. The summed E-state index contributed by atoms with van der Waals surface area (Å²) < 4.78 is 21.1. The summed E-state index contributed by atoms with van der Waals surface area (Å²) in [4.78, 5) is 0. The van der Waals surface area contributed by atoms with Gasteiger partial charge in [-0.25, -0.2) is 0 Å². The minimum atomic E-state index is -3.69. The maximum atomic E-state index is 10.2. The molecule has 0 bridgehead atoms. The van der Waals surface area contributed by atoms with Gasteiger partial charge in [0.1, 0.15) is 0 Å². The van der Waals surface area contributed by atoms with Crippen LogP contribution in [0.2, 0.25) is 0 Å². The number of thiocyanates is 1. The van der Waals surface area contributed by atoms with Crippen LogP contribution in [-0.4, -0.2) is 9.96 Å². The van der Waals surface area contributed by atoms with Crippen molar-refractivity contribution in [3.05, 3.63) is 0 Å². The van der Waals surface area contributed by atoms with Gasteiger partial charge in [0.15, 0.2) is 0 Å². The molecule has 0 aliphatic heterocycles. The lowest BCUT2D eigenvalue weighted by molar-refractivity contribution is 0.596. The van der Waals surface area contributed by atoms with Crippen molar-refractivity contribution in [3.63, 3.8) is 0 Å². The quantitative estimate of drug-likeness (QED) is 0.311. The molecule has 0 heterocycles. The molecular formula is CBrIN2O2S. The zero-order chi connectivity index (χ0) is 6.78. The molecular weight excluding hydrogens is 311 g/mol. The summed E-state index contributed by atoms with van der Waals surface area (Å²) in [5.74, 6) is 0. The van der Waals surface area contributed by atoms with Crippen molar-refractivity contribution in [2.24, 2.45) is 0 Å². The first-order chi connectivity index (χ1) is 3.50. The highest BCUT2D eigenvalue weighted by Crippen LogP contribution is 2.12. The average molecular weight is 311 g/mol. The van der Waals surface area contributed by atoms with Crippen LogP contribution in [0.4, 0.5) is 0 Å². The Balaban J connectivity index is 4.49. The highest BCUT2D eigenvalue weighted by molar-refractivity contribution is 14.1. The molecule has 0 aromatic carbocycles. The lowest BCUT2D eigenvalue weighted by Gasteiger charge is -1.93. The largest absolute Gasteiger partial charge is 0.326 e. The van der Waals surface area contributed by atoms with Gasteiger partial charge in [-0.2, -0.15) is 13.7 Å². The highest BCUT2D eigenvalue weighted by atomic mass is 127. The van der Waals surface area contributed by atoms with E-state index in [-0.39, 0.29) is 0 Å². The van der Waals surface area contributed by atoms with Crippen LogP contribution in [0.25, 0.3) is 0 Å². The molecule has 8 heavy (non-hydrogen) atoms. The number of nitriles is 1. The zero-order valence-corrected chi connectivity index (χ0v) is 7.94. The van der Waals surface area contributed by atoms with E-state index in [1.807, 2.05) is 0 Å². The predicted octanol–water partition coefficient (Wildman–Crippen LogP) is 0.759. The monoisotopic (exact) mass is 310 g/mol. The third-order valence-electron chi connectivity index (χ3n) is 0.297. The second kappa shape index (κ2) is 2.95. The first kappa shape index (κ1) is 8.61. The fourth-order valence-electron chi connectivity index (χ4n) is 0.0309. The van der Waals surface area contributed by atoms with Gasteiger partial charge in [0, 0.05) is 16.1 Å². The van der Waals surface area contributed by atoms with Gasteiger partial charge < -0.3 is 0 Å². The normalized spacial score (nSPS) is 11.2. The summed E-state index contributed by atoms with van der Waals surface area (Å²) in [5, 5.41) is 8.93. The summed E-state index contributed by atoms with van der Waals surface area (Å²) in [6, 6.07) is 0. The maximum absolute atomic E-state index is 10.2. The smallest absolute Gasteiger partial charge is 0.195 e. The molecule has 0 fully saturated rings. The Morgan fingerprint density at radius 3 is 2.12 bits per heavy atom. The summed E-state index contributed by atoms with van der Waals surface area (Å²) in [6.07, 6.45) is 0. The van der Waals surface area contributed by atoms with Crippen molar-refractivity contribution in [2.75, 3.05) is 0 Å². The molecule has 7 heteroatoms. The van der Waals surface area contributed by atoms with E-state index in [0.29, 0.717) is 1.54 Å². The van der Waals surface area contributed by atoms with Crippen molar-refractivity contribution < 1.29 is 8.42 Å². The Kier molecular flexibility index (Phi) is 3.18. The molecule has 0 amide bonds. The fraction of sp³-hybridized carbons (Fsp3) is 0. The van der Waals surface area contributed by atoms with Gasteiger partial charge >= 0.3 is 10.0 Å². The third-order valence-corrected chi connectivity index (χ3v) is 3.59. The van der Waals surface area contributed by atoms with Gasteiger partial charge in [0.05, 0.1) is 22.9 Å². The standard InChI is InChI=1S/CBrIN2O2S/c2-5(3)8(6,7)1-4. The van der Waals surface area contributed by atoms with Crippen LogP contribution in [0.5, 0.6) is 0 Å². The predicted molar refractivity (Wildman–Crippen MR) is 39.3 cm³/mol. The number of halogens is 2. The van der Waals surface area contributed by atoms with Crippen molar-refractivity contribution in [3.8, 4) is 5.40 Å². The first-order valence-corrected chi connectivity index (χ1v) is 4.40. The van der Waals surface area contributed by atoms with Crippen LogP contribution in [-0.2, 0) is 10.0 Å². The molecule has 0 atom stereocenters. The van der Waals surface area contributed by atoms with E-state index in [9.17, 15) is 8.42 Å². The van der Waals surface area contributed by atoms with E-state index in [1.54, 1.807) is 0 Å². The molecule has 0 aliphatic carbocycles. The van der Waals surface area contributed by atoms with Crippen LogP contribution >= 0.6 is 39.0 Å². The Bertz CT molecular complexity index is 203. The zero-order valence-electron chi connectivity index (χ0n) is 3.38. The van der Waals surface area contributed by atoms with Crippen LogP contribution in [0, 0.1) is 10.7 Å². The number of rotatable bonds is 1. The second-order valence-electron chi connectivity index (χ2n) is 0.768. The Labute approximate surface area is 69.3 Å². The van der Waals surface area contributed by atoms with Crippen molar-refractivity contribution in [2.45, 2.75) is 0 Å². The SMILES string of the molecule is N#CS(=O)(=O)N(Br)I. The molecule has 0 spiro atoms. The number of sulfonamides is 1.